The van der Waals surface area contributed by atoms with E-state index in [1.165, 1.54) is 0 Å². The molecule has 0 bridgehead atoms. The molecule has 2 heterocycles. The fourth-order valence-corrected chi connectivity index (χ4v) is 2.79. The van der Waals surface area contributed by atoms with Gasteiger partial charge in [-0.1, -0.05) is 30.1 Å². The highest BCUT2D eigenvalue weighted by atomic mass is 35.5. The Morgan fingerprint density at radius 3 is 2.43 bits per heavy atom. The maximum atomic E-state index is 12.3. The molecule has 5 nitrogen and oxygen atoms in total. The van der Waals surface area contributed by atoms with Crippen LogP contribution >= 0.6 is 23.2 Å². The monoisotopic (exact) mass is 330 g/mol. The van der Waals surface area contributed by atoms with Crippen LogP contribution in [0, 0.1) is 5.92 Å². The Morgan fingerprint density at radius 1 is 1.29 bits per heavy atom. The number of aromatic nitrogens is 1. The molecule has 1 amide bonds. The van der Waals surface area contributed by atoms with Crippen molar-refractivity contribution in [3.05, 3.63) is 22.3 Å². The summed E-state index contributed by atoms with van der Waals surface area (Å²) >= 11 is 12.0. The molecule has 1 aliphatic rings. The van der Waals surface area contributed by atoms with Crippen LogP contribution in [0.15, 0.2) is 12.3 Å². The third-order valence-corrected chi connectivity index (χ3v) is 4.34. The van der Waals surface area contributed by atoms with Gasteiger partial charge in [0.2, 0.25) is 5.91 Å². The average Bonchev–Trinajstić information content (AvgIpc) is 2.46. The van der Waals surface area contributed by atoms with Gasteiger partial charge in [0.05, 0.1) is 16.0 Å². The number of hydrogen-bond donors (Lipinski definition) is 1. The van der Waals surface area contributed by atoms with E-state index in [-0.39, 0.29) is 17.9 Å². The van der Waals surface area contributed by atoms with Crippen molar-refractivity contribution in [3.63, 3.8) is 0 Å². The van der Waals surface area contributed by atoms with Crippen molar-refractivity contribution in [2.24, 2.45) is 11.7 Å². The molecule has 0 aromatic carbocycles. The minimum absolute atomic E-state index is 0.111. The number of nitrogens with zero attached hydrogens (tertiary/aromatic N) is 3. The Balaban J connectivity index is 1.98. The zero-order valence-electron chi connectivity index (χ0n) is 12.2. The second kappa shape index (κ2) is 6.81. The number of nitrogens with two attached hydrogens (primary N) is 1. The molecule has 0 aliphatic carbocycles. The average molecular weight is 331 g/mol. The van der Waals surface area contributed by atoms with Gasteiger partial charge >= 0.3 is 0 Å². The lowest BCUT2D eigenvalue weighted by atomic mass is 10.0. The molecule has 1 fully saturated rings. The van der Waals surface area contributed by atoms with Gasteiger partial charge in [-0.25, -0.2) is 4.98 Å². The molecule has 1 aromatic rings. The highest BCUT2D eigenvalue weighted by Crippen LogP contribution is 2.26. The molecule has 2 rings (SSSR count). The summed E-state index contributed by atoms with van der Waals surface area (Å²) in [6.45, 7) is 6.43. The normalized spacial score (nSPS) is 18.5. The summed E-state index contributed by atoms with van der Waals surface area (Å²) < 4.78 is 0. The second-order valence-corrected chi connectivity index (χ2v) is 6.26. The first-order chi connectivity index (χ1) is 9.90. The van der Waals surface area contributed by atoms with Crippen LogP contribution in [0.1, 0.15) is 13.8 Å². The van der Waals surface area contributed by atoms with Gasteiger partial charge in [-0.3, -0.25) is 4.79 Å². The van der Waals surface area contributed by atoms with Crippen molar-refractivity contribution >= 4 is 34.9 Å². The predicted molar refractivity (Wildman–Crippen MR) is 85.9 cm³/mol. The van der Waals surface area contributed by atoms with Gasteiger partial charge in [-0.05, 0) is 13.0 Å². The van der Waals surface area contributed by atoms with E-state index in [4.69, 9.17) is 28.9 Å². The molecule has 7 heteroatoms. The summed E-state index contributed by atoms with van der Waals surface area (Å²) in [6.07, 6.45) is 1.58. The molecule has 0 saturated carbocycles. The Bertz CT molecular complexity index is 516. The molecule has 2 N–H and O–H groups in total. The molecule has 0 radical (unpaired) electrons. The van der Waals surface area contributed by atoms with Crippen LogP contribution in [-0.2, 0) is 4.79 Å². The van der Waals surface area contributed by atoms with E-state index in [1.807, 2.05) is 18.7 Å². The van der Waals surface area contributed by atoms with Crippen LogP contribution in [0.5, 0.6) is 0 Å². The smallest absolute Gasteiger partial charge is 0.227 e. The molecule has 116 valence electrons. The fourth-order valence-electron chi connectivity index (χ4n) is 2.29. The number of halogens is 2. The zero-order chi connectivity index (χ0) is 15.6. The van der Waals surface area contributed by atoms with Crippen LogP contribution in [0.25, 0.3) is 0 Å². The molecule has 21 heavy (non-hydrogen) atoms. The third-order valence-electron chi connectivity index (χ3n) is 3.86. The van der Waals surface area contributed by atoms with E-state index in [0.717, 1.165) is 0 Å². The molecule has 1 aliphatic heterocycles. The summed E-state index contributed by atoms with van der Waals surface area (Å²) in [6, 6.07) is 1.55. The van der Waals surface area contributed by atoms with E-state index in [2.05, 4.69) is 9.88 Å². The summed E-state index contributed by atoms with van der Waals surface area (Å²) in [5.41, 5.74) is 5.80. The van der Waals surface area contributed by atoms with Crippen molar-refractivity contribution in [1.29, 1.82) is 0 Å². The van der Waals surface area contributed by atoms with E-state index in [9.17, 15) is 4.79 Å². The number of piperazine rings is 1. The topological polar surface area (TPSA) is 62.5 Å². The molecule has 1 aromatic heterocycles. The molecule has 1 saturated heterocycles. The Hall–Kier alpha value is -1.04. The predicted octanol–water partition coefficient (Wildman–Crippen LogP) is 2.02. The molecule has 2 atom stereocenters. The lowest BCUT2D eigenvalue weighted by Crippen LogP contribution is -2.52. The first-order valence-corrected chi connectivity index (χ1v) is 7.76. The number of carbonyl (C=O) groups is 1. The Morgan fingerprint density at radius 2 is 1.90 bits per heavy atom. The molecule has 0 spiro atoms. The summed E-state index contributed by atoms with van der Waals surface area (Å²) in [5, 5.41) is 1.05. The van der Waals surface area contributed by atoms with E-state index in [1.54, 1.807) is 12.3 Å². The van der Waals surface area contributed by atoms with Crippen LogP contribution < -0.4 is 10.6 Å². The minimum Gasteiger partial charge on any atom is -0.352 e. The van der Waals surface area contributed by atoms with E-state index >= 15 is 0 Å². The van der Waals surface area contributed by atoms with Gasteiger partial charge in [0.1, 0.15) is 5.82 Å². The number of carbonyl (C=O) groups excluding carboxylic acids is 1. The van der Waals surface area contributed by atoms with Crippen molar-refractivity contribution < 1.29 is 4.79 Å². The fraction of sp³-hybridized carbons (Fsp3) is 0.571. The first-order valence-electron chi connectivity index (χ1n) is 7.00. The highest BCUT2D eigenvalue weighted by Gasteiger charge is 2.27. The maximum absolute atomic E-state index is 12.3. The number of amides is 1. The van der Waals surface area contributed by atoms with Crippen LogP contribution in [0.2, 0.25) is 10.0 Å². The van der Waals surface area contributed by atoms with Gasteiger partial charge in [0.15, 0.2) is 0 Å². The van der Waals surface area contributed by atoms with E-state index < -0.39 is 0 Å². The van der Waals surface area contributed by atoms with Crippen LogP contribution in [0.4, 0.5) is 5.82 Å². The van der Waals surface area contributed by atoms with Crippen LogP contribution in [-0.4, -0.2) is 48.0 Å². The second-order valence-electron chi connectivity index (χ2n) is 5.42. The number of hydrogen-bond acceptors (Lipinski definition) is 4. The highest BCUT2D eigenvalue weighted by molar-refractivity contribution is 6.36. The number of anilines is 1. The van der Waals surface area contributed by atoms with E-state index in [0.29, 0.717) is 42.0 Å². The standard InChI is InChI=1S/C14H20Cl2N4O/c1-9(10(2)17)14(21)20-5-3-19(4-6-20)13-12(16)7-11(15)8-18-13/h7-10H,3-6,17H2,1-2H3. The largest absolute Gasteiger partial charge is 0.352 e. The van der Waals surface area contributed by atoms with Crippen LogP contribution in [0.3, 0.4) is 0 Å². The number of rotatable bonds is 3. The molecular formula is C14H20Cl2N4O. The van der Waals surface area contributed by atoms with Gasteiger partial charge in [0.25, 0.3) is 0 Å². The lowest BCUT2D eigenvalue weighted by molar-refractivity contribution is -0.135. The Kier molecular flexibility index (Phi) is 5.30. The number of pyridine rings is 1. The SMILES string of the molecule is CC(N)C(C)C(=O)N1CCN(c2ncc(Cl)cc2Cl)CC1. The van der Waals surface area contributed by atoms with Crippen molar-refractivity contribution in [2.75, 3.05) is 31.1 Å². The zero-order valence-corrected chi connectivity index (χ0v) is 13.7. The minimum atomic E-state index is -0.159. The quantitative estimate of drug-likeness (QED) is 0.920. The first kappa shape index (κ1) is 16.3. The van der Waals surface area contributed by atoms with Crippen molar-refractivity contribution in [3.8, 4) is 0 Å². The summed E-state index contributed by atoms with van der Waals surface area (Å²) in [4.78, 5) is 20.5. The van der Waals surface area contributed by atoms with Gasteiger partial charge in [0, 0.05) is 38.4 Å². The van der Waals surface area contributed by atoms with Gasteiger partial charge in [-0.2, -0.15) is 0 Å². The molecule has 2 unspecified atom stereocenters. The summed E-state index contributed by atoms with van der Waals surface area (Å²) in [5.74, 6) is 0.669. The van der Waals surface area contributed by atoms with Crippen molar-refractivity contribution in [2.45, 2.75) is 19.9 Å². The third kappa shape index (κ3) is 3.78. The van der Waals surface area contributed by atoms with Crippen molar-refractivity contribution in [1.82, 2.24) is 9.88 Å². The molecular weight excluding hydrogens is 311 g/mol. The van der Waals surface area contributed by atoms with Gasteiger partial charge in [-0.15, -0.1) is 0 Å². The Labute approximate surface area is 135 Å². The maximum Gasteiger partial charge on any atom is 0.227 e. The lowest BCUT2D eigenvalue weighted by Gasteiger charge is -2.37. The summed E-state index contributed by atoms with van der Waals surface area (Å²) in [7, 11) is 0. The van der Waals surface area contributed by atoms with Gasteiger partial charge < -0.3 is 15.5 Å².